The highest BCUT2D eigenvalue weighted by Gasteiger charge is 2.24. The Balaban J connectivity index is 4.58. The lowest BCUT2D eigenvalue weighted by Crippen LogP contribution is -2.46. The molecule has 0 saturated heterocycles. The molecule has 0 aromatic carbocycles. The quantitative estimate of drug-likeness (QED) is 0.668. The summed E-state index contributed by atoms with van der Waals surface area (Å²) in [6.45, 7) is 8.25. The van der Waals surface area contributed by atoms with Gasteiger partial charge in [-0.2, -0.15) is 0 Å². The highest BCUT2D eigenvalue weighted by Crippen LogP contribution is 2.12. The molecule has 0 aromatic rings. The maximum absolute atomic E-state index is 12.3. The molecule has 0 aliphatic carbocycles. The molecule has 0 bridgehead atoms. The molecule has 0 spiro atoms. The van der Waals surface area contributed by atoms with Crippen LogP contribution in [0.15, 0.2) is 0 Å². The van der Waals surface area contributed by atoms with Gasteiger partial charge in [-0.25, -0.2) is 0 Å². The van der Waals surface area contributed by atoms with Crippen molar-refractivity contribution in [3.63, 3.8) is 0 Å². The van der Waals surface area contributed by atoms with Gasteiger partial charge < -0.3 is 15.0 Å². The number of nitrogens with zero attached hydrogens (tertiary/aromatic N) is 1. The fraction of sp³-hybridized carbons (Fsp3) is 0.923. The summed E-state index contributed by atoms with van der Waals surface area (Å²) in [5, 5.41) is 3.06. The van der Waals surface area contributed by atoms with Gasteiger partial charge in [0, 0.05) is 32.2 Å². The van der Waals surface area contributed by atoms with Gasteiger partial charge in [0.1, 0.15) is 0 Å². The Kier molecular flexibility index (Phi) is 9.09. The SMILES string of the molecule is CCC(CC)N(CCOC)C(=O)C(C)CNC. The van der Waals surface area contributed by atoms with Crippen LogP contribution in [0.2, 0.25) is 0 Å². The lowest BCUT2D eigenvalue weighted by molar-refractivity contribution is -0.138. The van der Waals surface area contributed by atoms with E-state index in [1.165, 1.54) is 0 Å². The zero-order chi connectivity index (χ0) is 13.3. The first kappa shape index (κ1) is 16.4. The van der Waals surface area contributed by atoms with Gasteiger partial charge in [0.05, 0.1) is 6.61 Å². The molecule has 1 amide bonds. The van der Waals surface area contributed by atoms with E-state index in [0.717, 1.165) is 19.4 Å². The molecule has 1 atom stereocenters. The molecule has 0 rings (SSSR count). The molecule has 0 aliphatic rings. The monoisotopic (exact) mass is 244 g/mol. The normalized spacial score (nSPS) is 12.8. The second kappa shape index (κ2) is 9.42. The Morgan fingerprint density at radius 2 is 1.94 bits per heavy atom. The maximum atomic E-state index is 12.3. The number of amides is 1. The number of hydrogen-bond acceptors (Lipinski definition) is 3. The molecule has 0 heterocycles. The van der Waals surface area contributed by atoms with Crippen LogP contribution in [0, 0.1) is 5.92 Å². The predicted molar refractivity (Wildman–Crippen MR) is 71.0 cm³/mol. The Bertz CT molecular complexity index is 206. The molecule has 0 aromatic heterocycles. The molecular weight excluding hydrogens is 216 g/mol. The van der Waals surface area contributed by atoms with Gasteiger partial charge in [-0.05, 0) is 19.9 Å². The van der Waals surface area contributed by atoms with Gasteiger partial charge in [0.25, 0.3) is 0 Å². The molecule has 0 radical (unpaired) electrons. The molecule has 102 valence electrons. The minimum Gasteiger partial charge on any atom is -0.383 e. The predicted octanol–water partition coefficient (Wildman–Crippen LogP) is 1.51. The van der Waals surface area contributed by atoms with E-state index in [4.69, 9.17) is 4.74 Å². The van der Waals surface area contributed by atoms with Crippen LogP contribution in [0.5, 0.6) is 0 Å². The average Bonchev–Trinajstić information content (AvgIpc) is 2.34. The number of hydrogen-bond donors (Lipinski definition) is 1. The van der Waals surface area contributed by atoms with Gasteiger partial charge in [0.15, 0.2) is 0 Å². The first-order valence-corrected chi connectivity index (χ1v) is 6.56. The van der Waals surface area contributed by atoms with Crippen LogP contribution in [0.1, 0.15) is 33.6 Å². The first-order chi connectivity index (χ1) is 8.12. The van der Waals surface area contributed by atoms with Crippen LogP contribution in [0.3, 0.4) is 0 Å². The summed E-state index contributed by atoms with van der Waals surface area (Å²) >= 11 is 0. The lowest BCUT2D eigenvalue weighted by atomic mass is 10.1. The van der Waals surface area contributed by atoms with Crippen molar-refractivity contribution in [2.45, 2.75) is 39.7 Å². The molecule has 1 N–H and O–H groups in total. The molecule has 4 nitrogen and oxygen atoms in total. The van der Waals surface area contributed by atoms with Gasteiger partial charge in [0.2, 0.25) is 5.91 Å². The largest absolute Gasteiger partial charge is 0.383 e. The second-order valence-electron chi connectivity index (χ2n) is 4.45. The number of rotatable bonds is 9. The van der Waals surface area contributed by atoms with Gasteiger partial charge in [-0.1, -0.05) is 20.8 Å². The smallest absolute Gasteiger partial charge is 0.227 e. The molecule has 0 saturated carbocycles. The molecule has 1 unspecified atom stereocenters. The fourth-order valence-corrected chi connectivity index (χ4v) is 2.07. The van der Waals surface area contributed by atoms with Crippen LogP contribution in [0.4, 0.5) is 0 Å². The lowest BCUT2D eigenvalue weighted by Gasteiger charge is -2.32. The van der Waals surface area contributed by atoms with E-state index in [9.17, 15) is 4.79 Å². The minimum atomic E-state index is 0.0254. The van der Waals surface area contributed by atoms with Crippen molar-refractivity contribution >= 4 is 5.91 Å². The zero-order valence-electron chi connectivity index (χ0n) is 12.0. The average molecular weight is 244 g/mol. The van der Waals surface area contributed by atoms with Crippen molar-refractivity contribution in [1.82, 2.24) is 10.2 Å². The van der Waals surface area contributed by atoms with E-state index in [-0.39, 0.29) is 11.8 Å². The Hall–Kier alpha value is -0.610. The van der Waals surface area contributed by atoms with Crippen molar-refractivity contribution in [3.05, 3.63) is 0 Å². The van der Waals surface area contributed by atoms with E-state index in [2.05, 4.69) is 19.2 Å². The van der Waals surface area contributed by atoms with E-state index in [1.54, 1.807) is 7.11 Å². The third kappa shape index (κ3) is 5.50. The van der Waals surface area contributed by atoms with E-state index in [0.29, 0.717) is 19.2 Å². The Morgan fingerprint density at radius 1 is 1.35 bits per heavy atom. The highest BCUT2D eigenvalue weighted by molar-refractivity contribution is 5.79. The number of carbonyl (C=O) groups is 1. The van der Waals surface area contributed by atoms with Crippen molar-refractivity contribution in [1.29, 1.82) is 0 Å². The molecule has 4 heteroatoms. The molecule has 0 aliphatic heterocycles. The van der Waals surface area contributed by atoms with Crippen LogP contribution in [0.25, 0.3) is 0 Å². The fourth-order valence-electron chi connectivity index (χ4n) is 2.07. The number of carbonyl (C=O) groups excluding carboxylic acids is 1. The van der Waals surface area contributed by atoms with E-state index < -0.39 is 0 Å². The minimum absolute atomic E-state index is 0.0254. The van der Waals surface area contributed by atoms with Crippen molar-refractivity contribution < 1.29 is 9.53 Å². The van der Waals surface area contributed by atoms with Gasteiger partial charge >= 0.3 is 0 Å². The number of nitrogens with one attached hydrogen (secondary N) is 1. The first-order valence-electron chi connectivity index (χ1n) is 6.56. The van der Waals surface area contributed by atoms with Crippen LogP contribution in [-0.4, -0.2) is 50.7 Å². The standard InChI is InChI=1S/C13H28N2O2/c1-6-12(7-2)15(8-9-17-5)13(16)11(3)10-14-4/h11-12,14H,6-10H2,1-5H3. The maximum Gasteiger partial charge on any atom is 0.227 e. The second-order valence-corrected chi connectivity index (χ2v) is 4.45. The Morgan fingerprint density at radius 3 is 2.35 bits per heavy atom. The highest BCUT2D eigenvalue weighted by atomic mass is 16.5. The summed E-state index contributed by atoms with van der Waals surface area (Å²) in [6, 6.07) is 0.331. The Labute approximate surface area is 106 Å². The van der Waals surface area contributed by atoms with Crippen LogP contribution < -0.4 is 5.32 Å². The van der Waals surface area contributed by atoms with Crippen molar-refractivity contribution in [3.8, 4) is 0 Å². The van der Waals surface area contributed by atoms with Crippen LogP contribution >= 0.6 is 0 Å². The molecular formula is C13H28N2O2. The number of ether oxygens (including phenoxy) is 1. The summed E-state index contributed by atoms with van der Waals surface area (Å²) in [5.41, 5.74) is 0. The topological polar surface area (TPSA) is 41.6 Å². The van der Waals surface area contributed by atoms with Gasteiger partial charge in [-0.15, -0.1) is 0 Å². The third-order valence-corrected chi connectivity index (χ3v) is 3.13. The molecule has 17 heavy (non-hydrogen) atoms. The van der Waals surface area contributed by atoms with Crippen LogP contribution in [-0.2, 0) is 9.53 Å². The van der Waals surface area contributed by atoms with E-state index in [1.807, 2.05) is 18.9 Å². The number of methoxy groups -OCH3 is 1. The summed E-state index contributed by atoms with van der Waals surface area (Å²) in [7, 11) is 3.55. The summed E-state index contributed by atoms with van der Waals surface area (Å²) in [4.78, 5) is 14.3. The summed E-state index contributed by atoms with van der Waals surface area (Å²) in [6.07, 6.45) is 2.00. The molecule has 0 fully saturated rings. The summed E-state index contributed by atoms with van der Waals surface area (Å²) in [5.74, 6) is 0.252. The third-order valence-electron chi connectivity index (χ3n) is 3.13. The van der Waals surface area contributed by atoms with E-state index >= 15 is 0 Å². The zero-order valence-corrected chi connectivity index (χ0v) is 12.0. The summed E-state index contributed by atoms with van der Waals surface area (Å²) < 4.78 is 5.09. The van der Waals surface area contributed by atoms with Gasteiger partial charge in [-0.3, -0.25) is 4.79 Å². The van der Waals surface area contributed by atoms with Crippen molar-refractivity contribution in [2.75, 3.05) is 33.9 Å². The van der Waals surface area contributed by atoms with Crippen molar-refractivity contribution in [2.24, 2.45) is 5.92 Å².